The van der Waals surface area contributed by atoms with E-state index in [-0.39, 0.29) is 5.91 Å². The van der Waals surface area contributed by atoms with Crippen molar-refractivity contribution in [3.63, 3.8) is 0 Å². The van der Waals surface area contributed by atoms with Gasteiger partial charge in [0.2, 0.25) is 5.91 Å². The second-order valence-electron chi connectivity index (χ2n) is 3.54. The number of rotatable bonds is 4. The second-order valence-corrected chi connectivity index (χ2v) is 4.42. The molecule has 0 radical (unpaired) electrons. The first-order valence-corrected chi connectivity index (χ1v) is 5.81. The number of amides is 1. The summed E-state index contributed by atoms with van der Waals surface area (Å²) >= 11 is 11.6. The Labute approximate surface area is 105 Å². The molecule has 1 rings (SSSR count). The lowest BCUT2D eigenvalue weighted by Gasteiger charge is -2.11. The number of benzene rings is 1. The summed E-state index contributed by atoms with van der Waals surface area (Å²) in [6, 6.07) is 4.36. The molecule has 1 atom stereocenters. The van der Waals surface area contributed by atoms with Crippen LogP contribution >= 0.6 is 23.2 Å². The molecular formula is C11H14Cl2N2O. The van der Waals surface area contributed by atoms with Crippen LogP contribution in [0.5, 0.6) is 0 Å². The van der Waals surface area contributed by atoms with Gasteiger partial charge >= 0.3 is 0 Å². The van der Waals surface area contributed by atoms with Gasteiger partial charge in [-0.2, -0.15) is 0 Å². The van der Waals surface area contributed by atoms with E-state index in [1.807, 2.05) is 6.92 Å². The predicted octanol–water partition coefficient (Wildman–Crippen LogP) is 3.06. The Morgan fingerprint density at radius 3 is 2.44 bits per heavy atom. The van der Waals surface area contributed by atoms with Crippen molar-refractivity contribution >= 4 is 34.8 Å². The summed E-state index contributed by atoms with van der Waals surface area (Å²) in [5.41, 5.74) is 6.24. The van der Waals surface area contributed by atoms with Gasteiger partial charge in [0.15, 0.2) is 0 Å². The van der Waals surface area contributed by atoms with Gasteiger partial charge in [-0.25, -0.2) is 0 Å². The summed E-state index contributed by atoms with van der Waals surface area (Å²) in [5, 5.41) is 3.63. The van der Waals surface area contributed by atoms with E-state index in [1.54, 1.807) is 18.2 Å². The zero-order chi connectivity index (χ0) is 12.1. The third-order valence-corrected chi connectivity index (χ3v) is 2.50. The third-order valence-electron chi connectivity index (χ3n) is 2.07. The lowest BCUT2D eigenvalue weighted by molar-refractivity contribution is -0.117. The number of nitrogens with one attached hydrogen (secondary N) is 1. The molecule has 0 aromatic heterocycles. The monoisotopic (exact) mass is 260 g/mol. The smallest absolute Gasteiger partial charge is 0.241 e. The molecular weight excluding hydrogens is 247 g/mol. The van der Waals surface area contributed by atoms with Crippen LogP contribution in [-0.4, -0.2) is 11.9 Å². The zero-order valence-electron chi connectivity index (χ0n) is 8.97. The van der Waals surface area contributed by atoms with Crippen LogP contribution in [0.2, 0.25) is 10.0 Å². The molecule has 0 aliphatic heterocycles. The van der Waals surface area contributed by atoms with E-state index in [9.17, 15) is 4.79 Å². The Hall–Kier alpha value is -0.770. The number of nitrogens with two attached hydrogens (primary N) is 1. The second kappa shape index (κ2) is 6.09. The fourth-order valence-electron chi connectivity index (χ4n) is 1.30. The summed E-state index contributed by atoms with van der Waals surface area (Å²) in [5.74, 6) is -0.222. The molecule has 0 saturated heterocycles. The van der Waals surface area contributed by atoms with E-state index in [1.165, 1.54) is 0 Å². The average Bonchev–Trinajstić information content (AvgIpc) is 2.16. The minimum absolute atomic E-state index is 0.222. The molecule has 0 heterocycles. The van der Waals surface area contributed by atoms with Crippen molar-refractivity contribution in [3.8, 4) is 0 Å². The van der Waals surface area contributed by atoms with E-state index in [2.05, 4.69) is 5.32 Å². The van der Waals surface area contributed by atoms with Crippen LogP contribution in [0.3, 0.4) is 0 Å². The van der Waals surface area contributed by atoms with Gasteiger partial charge in [-0.05, 0) is 24.6 Å². The van der Waals surface area contributed by atoms with E-state index in [0.29, 0.717) is 22.2 Å². The van der Waals surface area contributed by atoms with Crippen molar-refractivity contribution in [2.45, 2.75) is 25.8 Å². The molecule has 1 unspecified atom stereocenters. The van der Waals surface area contributed by atoms with Gasteiger partial charge in [-0.15, -0.1) is 0 Å². The first kappa shape index (κ1) is 13.3. The van der Waals surface area contributed by atoms with E-state index < -0.39 is 6.04 Å². The molecule has 3 N–H and O–H groups in total. The first-order chi connectivity index (χ1) is 7.52. The van der Waals surface area contributed by atoms with Gasteiger partial charge in [-0.3, -0.25) is 4.79 Å². The largest absolute Gasteiger partial charge is 0.325 e. The maximum atomic E-state index is 11.6. The Morgan fingerprint density at radius 1 is 1.38 bits per heavy atom. The standard InChI is InChI=1S/C11H14Cl2N2O/c1-2-3-10(14)11(16)15-9-5-7(12)4-8(13)6-9/h4-6,10H,2-3,14H2,1H3,(H,15,16). The predicted molar refractivity (Wildman–Crippen MR) is 68.0 cm³/mol. The van der Waals surface area contributed by atoms with Crippen molar-refractivity contribution in [3.05, 3.63) is 28.2 Å². The van der Waals surface area contributed by atoms with E-state index in [0.717, 1.165) is 6.42 Å². The SMILES string of the molecule is CCCC(N)C(=O)Nc1cc(Cl)cc(Cl)c1. The molecule has 1 aromatic carbocycles. The van der Waals surface area contributed by atoms with Crippen LogP contribution in [0.1, 0.15) is 19.8 Å². The molecule has 1 amide bonds. The third kappa shape index (κ3) is 4.00. The quantitative estimate of drug-likeness (QED) is 0.875. The minimum atomic E-state index is -0.497. The molecule has 88 valence electrons. The Kier molecular flexibility index (Phi) is 5.06. The Morgan fingerprint density at radius 2 is 1.94 bits per heavy atom. The summed E-state index contributed by atoms with van der Waals surface area (Å²) in [4.78, 5) is 11.6. The van der Waals surface area contributed by atoms with Crippen molar-refractivity contribution in [2.75, 3.05) is 5.32 Å². The molecule has 0 fully saturated rings. The fourth-order valence-corrected chi connectivity index (χ4v) is 1.83. The van der Waals surface area contributed by atoms with Gasteiger partial charge in [0, 0.05) is 15.7 Å². The fraction of sp³-hybridized carbons (Fsp3) is 0.364. The van der Waals surface area contributed by atoms with Crippen LogP contribution in [-0.2, 0) is 4.79 Å². The van der Waals surface area contributed by atoms with Crippen LogP contribution in [0.25, 0.3) is 0 Å². The molecule has 0 aliphatic rings. The minimum Gasteiger partial charge on any atom is -0.325 e. The molecule has 0 saturated carbocycles. The maximum absolute atomic E-state index is 11.6. The number of halogens is 2. The number of hydrogen-bond donors (Lipinski definition) is 2. The zero-order valence-corrected chi connectivity index (χ0v) is 10.5. The van der Waals surface area contributed by atoms with Crippen molar-refractivity contribution in [1.82, 2.24) is 0 Å². The van der Waals surface area contributed by atoms with Gasteiger partial charge in [-0.1, -0.05) is 36.5 Å². The summed E-state index contributed by atoms with van der Waals surface area (Å²) in [6.07, 6.45) is 1.52. The number of carbonyl (C=O) groups is 1. The Balaban J connectivity index is 2.69. The topological polar surface area (TPSA) is 55.1 Å². The average molecular weight is 261 g/mol. The summed E-state index contributed by atoms with van der Waals surface area (Å²) in [7, 11) is 0. The lowest BCUT2D eigenvalue weighted by atomic mass is 10.1. The maximum Gasteiger partial charge on any atom is 0.241 e. The first-order valence-electron chi connectivity index (χ1n) is 5.05. The molecule has 16 heavy (non-hydrogen) atoms. The van der Waals surface area contributed by atoms with Crippen LogP contribution in [0.15, 0.2) is 18.2 Å². The summed E-state index contributed by atoms with van der Waals surface area (Å²) < 4.78 is 0. The Bertz CT molecular complexity index is 362. The van der Waals surface area contributed by atoms with Crippen molar-refractivity contribution < 1.29 is 4.79 Å². The molecule has 5 heteroatoms. The summed E-state index contributed by atoms with van der Waals surface area (Å²) in [6.45, 7) is 1.98. The number of anilines is 1. The van der Waals surface area contributed by atoms with E-state index in [4.69, 9.17) is 28.9 Å². The van der Waals surface area contributed by atoms with Crippen molar-refractivity contribution in [1.29, 1.82) is 0 Å². The van der Waals surface area contributed by atoms with E-state index >= 15 is 0 Å². The van der Waals surface area contributed by atoms with Crippen molar-refractivity contribution in [2.24, 2.45) is 5.73 Å². The molecule has 0 bridgehead atoms. The molecule has 0 aliphatic carbocycles. The lowest BCUT2D eigenvalue weighted by Crippen LogP contribution is -2.35. The van der Waals surface area contributed by atoms with Crippen LogP contribution in [0.4, 0.5) is 5.69 Å². The highest BCUT2D eigenvalue weighted by atomic mass is 35.5. The van der Waals surface area contributed by atoms with Crippen LogP contribution < -0.4 is 11.1 Å². The number of carbonyl (C=O) groups excluding carboxylic acids is 1. The van der Waals surface area contributed by atoms with Gasteiger partial charge < -0.3 is 11.1 Å². The highest BCUT2D eigenvalue weighted by Crippen LogP contribution is 2.22. The number of hydrogen-bond acceptors (Lipinski definition) is 2. The van der Waals surface area contributed by atoms with Gasteiger partial charge in [0.1, 0.15) is 0 Å². The molecule has 1 aromatic rings. The molecule has 3 nitrogen and oxygen atoms in total. The van der Waals surface area contributed by atoms with Crippen LogP contribution in [0, 0.1) is 0 Å². The highest BCUT2D eigenvalue weighted by molar-refractivity contribution is 6.35. The highest BCUT2D eigenvalue weighted by Gasteiger charge is 2.12. The van der Waals surface area contributed by atoms with Gasteiger partial charge in [0.25, 0.3) is 0 Å². The normalized spacial score (nSPS) is 12.2. The molecule has 0 spiro atoms. The van der Waals surface area contributed by atoms with Gasteiger partial charge in [0.05, 0.1) is 6.04 Å².